The molecule has 0 fully saturated rings. The highest BCUT2D eigenvalue weighted by atomic mass is 16.2. The lowest BCUT2D eigenvalue weighted by atomic mass is 10.1. The quantitative estimate of drug-likeness (QED) is 0.832. The lowest BCUT2D eigenvalue weighted by Crippen LogP contribution is -2.24. The highest BCUT2D eigenvalue weighted by Crippen LogP contribution is 2.08. The third kappa shape index (κ3) is 3.04. The molecule has 5 nitrogen and oxygen atoms in total. The van der Waals surface area contributed by atoms with E-state index in [2.05, 4.69) is 10.5 Å². The molecular weight excluding hydrogens is 230 g/mol. The van der Waals surface area contributed by atoms with Gasteiger partial charge in [-0.1, -0.05) is 18.2 Å². The molecule has 0 aromatic heterocycles. The zero-order valence-corrected chi connectivity index (χ0v) is 9.72. The molecule has 5 heteroatoms. The number of hydrogen-bond donors (Lipinski definition) is 2. The van der Waals surface area contributed by atoms with Crippen LogP contribution in [0.3, 0.4) is 0 Å². The number of hydrazone groups is 1. The van der Waals surface area contributed by atoms with Gasteiger partial charge in [0.1, 0.15) is 0 Å². The number of rotatable bonds is 3. The monoisotopic (exact) mass is 243 g/mol. The molecular formula is C13H13N3O2. The van der Waals surface area contributed by atoms with Crippen molar-refractivity contribution in [3.05, 3.63) is 41.5 Å². The van der Waals surface area contributed by atoms with Crippen LogP contribution in [-0.2, 0) is 4.79 Å². The molecule has 3 N–H and O–H groups in total. The molecule has 92 valence electrons. The summed E-state index contributed by atoms with van der Waals surface area (Å²) in [6.07, 6.45) is 4.82. The van der Waals surface area contributed by atoms with Crippen LogP contribution in [-0.4, -0.2) is 17.5 Å². The number of nitrogens with one attached hydrogen (secondary N) is 1. The standard InChI is InChI=1S/C13H13N3O2/c14-13(18)10-4-1-9(2-5-10)3-6-11-7-8-12(17)16-15-11/h1-6H,7-8H2,(H2,14,18)(H,16,17). The summed E-state index contributed by atoms with van der Waals surface area (Å²) in [5.74, 6) is -0.497. The van der Waals surface area contributed by atoms with Crippen LogP contribution in [0.1, 0.15) is 28.8 Å². The molecule has 1 aromatic carbocycles. The van der Waals surface area contributed by atoms with E-state index in [0.29, 0.717) is 18.4 Å². The lowest BCUT2D eigenvalue weighted by Gasteiger charge is -2.07. The molecule has 1 aromatic rings. The Labute approximate surface area is 104 Å². The van der Waals surface area contributed by atoms with Crippen molar-refractivity contribution in [2.75, 3.05) is 0 Å². The first-order chi connectivity index (χ1) is 8.65. The summed E-state index contributed by atoms with van der Waals surface area (Å²) in [4.78, 5) is 21.8. The van der Waals surface area contributed by atoms with Gasteiger partial charge in [-0.05, 0) is 23.8 Å². The summed E-state index contributed by atoms with van der Waals surface area (Å²) in [7, 11) is 0. The van der Waals surface area contributed by atoms with Crippen LogP contribution in [0.15, 0.2) is 35.4 Å². The highest BCUT2D eigenvalue weighted by molar-refractivity contribution is 6.02. The van der Waals surface area contributed by atoms with E-state index in [0.717, 1.165) is 11.3 Å². The topological polar surface area (TPSA) is 84.6 Å². The van der Waals surface area contributed by atoms with Crippen molar-refractivity contribution in [1.29, 1.82) is 0 Å². The Hall–Kier alpha value is -2.43. The van der Waals surface area contributed by atoms with Crippen LogP contribution in [0.5, 0.6) is 0 Å². The molecule has 2 rings (SSSR count). The second kappa shape index (κ2) is 5.27. The van der Waals surface area contributed by atoms with Gasteiger partial charge in [0.15, 0.2) is 0 Å². The Morgan fingerprint density at radius 2 is 1.94 bits per heavy atom. The van der Waals surface area contributed by atoms with E-state index in [1.165, 1.54) is 0 Å². The number of hydrogen-bond acceptors (Lipinski definition) is 3. The van der Waals surface area contributed by atoms with Crippen LogP contribution in [0, 0.1) is 0 Å². The van der Waals surface area contributed by atoms with E-state index in [1.54, 1.807) is 24.3 Å². The third-order valence-corrected chi connectivity index (χ3v) is 2.60. The van der Waals surface area contributed by atoms with Crippen LogP contribution in [0.4, 0.5) is 0 Å². The van der Waals surface area contributed by atoms with E-state index in [-0.39, 0.29) is 5.91 Å². The number of nitrogens with two attached hydrogens (primary N) is 1. The predicted molar refractivity (Wildman–Crippen MR) is 68.8 cm³/mol. The van der Waals surface area contributed by atoms with Gasteiger partial charge in [-0.15, -0.1) is 0 Å². The van der Waals surface area contributed by atoms with Crippen molar-refractivity contribution in [2.45, 2.75) is 12.8 Å². The Balaban J connectivity index is 2.05. The van der Waals surface area contributed by atoms with E-state index in [9.17, 15) is 9.59 Å². The first kappa shape index (κ1) is 12.0. The molecule has 0 aliphatic carbocycles. The fraction of sp³-hybridized carbons (Fsp3) is 0.154. The molecule has 0 radical (unpaired) electrons. The van der Waals surface area contributed by atoms with Gasteiger partial charge in [0.05, 0.1) is 5.71 Å². The van der Waals surface area contributed by atoms with Gasteiger partial charge < -0.3 is 5.73 Å². The number of carbonyl (C=O) groups is 2. The van der Waals surface area contributed by atoms with Crippen LogP contribution < -0.4 is 11.2 Å². The number of carbonyl (C=O) groups excluding carboxylic acids is 2. The number of nitrogens with zero attached hydrogens (tertiary/aromatic N) is 1. The fourth-order valence-corrected chi connectivity index (χ4v) is 1.56. The summed E-state index contributed by atoms with van der Waals surface area (Å²) < 4.78 is 0. The largest absolute Gasteiger partial charge is 0.366 e. The molecule has 0 atom stereocenters. The average molecular weight is 243 g/mol. The van der Waals surface area contributed by atoms with Crippen LogP contribution in [0.25, 0.3) is 6.08 Å². The molecule has 1 aliphatic heterocycles. The maximum absolute atomic E-state index is 10.9. The van der Waals surface area contributed by atoms with Gasteiger partial charge in [0, 0.05) is 18.4 Å². The second-order valence-electron chi connectivity index (χ2n) is 3.96. The molecule has 0 saturated heterocycles. The normalized spacial score (nSPS) is 15.3. The third-order valence-electron chi connectivity index (χ3n) is 2.60. The molecule has 1 heterocycles. The van der Waals surface area contributed by atoms with Crippen molar-refractivity contribution < 1.29 is 9.59 Å². The Kier molecular flexibility index (Phi) is 3.52. The van der Waals surface area contributed by atoms with Crippen molar-refractivity contribution in [3.63, 3.8) is 0 Å². The summed E-state index contributed by atoms with van der Waals surface area (Å²) in [5, 5.41) is 3.93. The summed E-state index contributed by atoms with van der Waals surface area (Å²) >= 11 is 0. The summed E-state index contributed by atoms with van der Waals surface area (Å²) in [6.45, 7) is 0. The zero-order chi connectivity index (χ0) is 13.0. The van der Waals surface area contributed by atoms with E-state index in [4.69, 9.17) is 5.73 Å². The SMILES string of the molecule is NC(=O)c1ccc(C=CC2=NNC(=O)CC2)cc1. The van der Waals surface area contributed by atoms with E-state index in [1.807, 2.05) is 12.2 Å². The summed E-state index contributed by atoms with van der Waals surface area (Å²) in [6, 6.07) is 6.95. The molecule has 0 bridgehead atoms. The maximum atomic E-state index is 10.9. The van der Waals surface area contributed by atoms with Crippen molar-refractivity contribution in [1.82, 2.24) is 5.43 Å². The number of primary amides is 1. The van der Waals surface area contributed by atoms with Crippen molar-refractivity contribution in [3.8, 4) is 0 Å². The van der Waals surface area contributed by atoms with Crippen molar-refractivity contribution >= 4 is 23.6 Å². The van der Waals surface area contributed by atoms with Gasteiger partial charge >= 0.3 is 0 Å². The van der Waals surface area contributed by atoms with Gasteiger partial charge in [-0.25, -0.2) is 5.43 Å². The van der Waals surface area contributed by atoms with Crippen LogP contribution >= 0.6 is 0 Å². The van der Waals surface area contributed by atoms with E-state index >= 15 is 0 Å². The minimum absolute atomic E-state index is 0.0574. The van der Waals surface area contributed by atoms with E-state index < -0.39 is 5.91 Å². The molecule has 1 aliphatic rings. The average Bonchev–Trinajstić information content (AvgIpc) is 2.38. The summed E-state index contributed by atoms with van der Waals surface area (Å²) in [5.41, 5.74) is 9.83. The molecule has 2 amide bonds. The minimum Gasteiger partial charge on any atom is -0.366 e. The Morgan fingerprint density at radius 3 is 2.50 bits per heavy atom. The lowest BCUT2D eigenvalue weighted by molar-refractivity contribution is -0.121. The molecule has 0 unspecified atom stereocenters. The number of allylic oxidation sites excluding steroid dienone is 1. The first-order valence-corrected chi connectivity index (χ1v) is 5.58. The highest BCUT2D eigenvalue weighted by Gasteiger charge is 2.08. The van der Waals surface area contributed by atoms with Gasteiger partial charge in [-0.3, -0.25) is 9.59 Å². The maximum Gasteiger partial charge on any atom is 0.248 e. The van der Waals surface area contributed by atoms with Crippen molar-refractivity contribution in [2.24, 2.45) is 10.8 Å². The smallest absolute Gasteiger partial charge is 0.248 e. The fourth-order valence-electron chi connectivity index (χ4n) is 1.56. The zero-order valence-electron chi connectivity index (χ0n) is 9.72. The first-order valence-electron chi connectivity index (χ1n) is 5.58. The van der Waals surface area contributed by atoms with Gasteiger partial charge in [-0.2, -0.15) is 5.10 Å². The van der Waals surface area contributed by atoms with Gasteiger partial charge in [0.2, 0.25) is 11.8 Å². The predicted octanol–water partition coefficient (Wildman–Crippen LogP) is 1.06. The molecule has 18 heavy (non-hydrogen) atoms. The number of amides is 2. The minimum atomic E-state index is -0.440. The Bertz CT molecular complexity index is 530. The molecule has 0 spiro atoms. The Morgan fingerprint density at radius 1 is 1.22 bits per heavy atom. The van der Waals surface area contributed by atoms with Gasteiger partial charge in [0.25, 0.3) is 0 Å². The van der Waals surface area contributed by atoms with Crippen LogP contribution in [0.2, 0.25) is 0 Å². The number of benzene rings is 1. The molecule has 0 saturated carbocycles. The second-order valence-corrected chi connectivity index (χ2v) is 3.96.